The second kappa shape index (κ2) is 8.47. The molecule has 0 saturated heterocycles. The number of hydrogen-bond acceptors (Lipinski definition) is 5. The SMILES string of the molecule is O=C(O)c1cccc(-c2ccc(/C=N\NC(=O)C3c4ccccc4Oc4ccccc43)o2)c1. The maximum Gasteiger partial charge on any atom is 0.335 e. The van der Waals surface area contributed by atoms with Gasteiger partial charge in [0.1, 0.15) is 23.0 Å². The van der Waals surface area contributed by atoms with E-state index < -0.39 is 11.9 Å². The molecular formula is C26H18N2O5. The Hall–Kier alpha value is -4.65. The van der Waals surface area contributed by atoms with Crippen LogP contribution in [0.25, 0.3) is 11.3 Å². The first-order valence-electron chi connectivity index (χ1n) is 10.2. The average molecular weight is 438 g/mol. The molecule has 5 rings (SSSR count). The third-order valence-electron chi connectivity index (χ3n) is 5.33. The number of hydrogen-bond donors (Lipinski definition) is 2. The smallest absolute Gasteiger partial charge is 0.335 e. The highest BCUT2D eigenvalue weighted by atomic mass is 16.5. The Labute approximate surface area is 188 Å². The molecule has 1 aliphatic rings. The molecule has 162 valence electrons. The fourth-order valence-electron chi connectivity index (χ4n) is 3.80. The van der Waals surface area contributed by atoms with Crippen LogP contribution in [-0.2, 0) is 4.79 Å². The summed E-state index contributed by atoms with van der Waals surface area (Å²) < 4.78 is 11.7. The lowest BCUT2D eigenvalue weighted by Gasteiger charge is -2.26. The molecule has 3 aromatic carbocycles. The van der Waals surface area contributed by atoms with Gasteiger partial charge in [-0.15, -0.1) is 0 Å². The minimum Gasteiger partial charge on any atom is -0.478 e. The summed E-state index contributed by atoms with van der Waals surface area (Å²) in [6, 6.07) is 24.7. The Bertz CT molecular complexity index is 1340. The first kappa shape index (κ1) is 20.3. The monoisotopic (exact) mass is 438 g/mol. The van der Waals surface area contributed by atoms with E-state index in [-0.39, 0.29) is 11.5 Å². The number of carbonyl (C=O) groups is 2. The number of benzene rings is 3. The number of aromatic carboxylic acids is 1. The molecule has 0 spiro atoms. The van der Waals surface area contributed by atoms with Gasteiger partial charge in [0.15, 0.2) is 0 Å². The third-order valence-corrected chi connectivity index (χ3v) is 5.33. The first-order valence-corrected chi connectivity index (χ1v) is 10.2. The number of hydrazone groups is 1. The van der Waals surface area contributed by atoms with Gasteiger partial charge in [0.2, 0.25) is 0 Å². The molecular weight excluding hydrogens is 420 g/mol. The van der Waals surface area contributed by atoms with E-state index in [1.54, 1.807) is 24.3 Å². The molecule has 0 unspecified atom stereocenters. The van der Waals surface area contributed by atoms with Crippen molar-refractivity contribution in [3.8, 4) is 22.8 Å². The molecule has 7 heteroatoms. The topological polar surface area (TPSA) is 101 Å². The molecule has 2 heterocycles. The highest BCUT2D eigenvalue weighted by Gasteiger charge is 2.32. The normalized spacial score (nSPS) is 12.6. The zero-order valence-electron chi connectivity index (χ0n) is 17.3. The molecule has 0 atom stereocenters. The van der Waals surface area contributed by atoms with Gasteiger partial charge < -0.3 is 14.3 Å². The summed E-state index contributed by atoms with van der Waals surface area (Å²) in [6.45, 7) is 0. The summed E-state index contributed by atoms with van der Waals surface area (Å²) >= 11 is 0. The molecule has 0 aliphatic carbocycles. The maximum atomic E-state index is 13.1. The molecule has 1 aromatic heterocycles. The predicted molar refractivity (Wildman–Crippen MR) is 122 cm³/mol. The number of amides is 1. The second-order valence-electron chi connectivity index (χ2n) is 7.43. The second-order valence-corrected chi connectivity index (χ2v) is 7.43. The number of nitrogens with zero attached hydrogens (tertiary/aromatic N) is 1. The number of para-hydroxylation sites is 2. The summed E-state index contributed by atoms with van der Waals surface area (Å²) in [5, 5.41) is 13.2. The van der Waals surface area contributed by atoms with Gasteiger partial charge in [-0.1, -0.05) is 48.5 Å². The number of fused-ring (bicyclic) bond motifs is 2. The van der Waals surface area contributed by atoms with Crippen LogP contribution in [-0.4, -0.2) is 23.2 Å². The predicted octanol–water partition coefficient (Wildman–Crippen LogP) is 5.03. The number of nitrogens with one attached hydrogen (secondary N) is 1. The largest absolute Gasteiger partial charge is 0.478 e. The van der Waals surface area contributed by atoms with Crippen LogP contribution in [0.3, 0.4) is 0 Å². The number of furan rings is 1. The molecule has 0 radical (unpaired) electrons. The molecule has 4 aromatic rings. The van der Waals surface area contributed by atoms with Gasteiger partial charge in [0.25, 0.3) is 5.91 Å². The van der Waals surface area contributed by atoms with Crippen molar-refractivity contribution in [1.82, 2.24) is 5.43 Å². The van der Waals surface area contributed by atoms with Crippen LogP contribution in [0.2, 0.25) is 0 Å². The molecule has 1 aliphatic heterocycles. The lowest BCUT2D eigenvalue weighted by Crippen LogP contribution is -2.28. The van der Waals surface area contributed by atoms with Crippen molar-refractivity contribution in [2.75, 3.05) is 0 Å². The van der Waals surface area contributed by atoms with E-state index in [2.05, 4.69) is 10.5 Å². The lowest BCUT2D eigenvalue weighted by atomic mass is 9.87. The highest BCUT2D eigenvalue weighted by Crippen LogP contribution is 2.43. The summed E-state index contributed by atoms with van der Waals surface area (Å²) in [5.74, 6) is 0.324. The summed E-state index contributed by atoms with van der Waals surface area (Å²) in [6.07, 6.45) is 1.40. The van der Waals surface area contributed by atoms with Gasteiger partial charge >= 0.3 is 5.97 Å². The summed E-state index contributed by atoms with van der Waals surface area (Å²) in [5.41, 5.74) is 4.93. The third kappa shape index (κ3) is 3.99. The van der Waals surface area contributed by atoms with Gasteiger partial charge in [0, 0.05) is 16.7 Å². The average Bonchev–Trinajstić information content (AvgIpc) is 3.31. The molecule has 0 fully saturated rings. The number of ether oxygens (including phenoxy) is 1. The molecule has 0 saturated carbocycles. The van der Waals surface area contributed by atoms with E-state index in [9.17, 15) is 9.59 Å². The molecule has 1 amide bonds. The summed E-state index contributed by atoms with van der Waals surface area (Å²) in [7, 11) is 0. The van der Waals surface area contributed by atoms with Crippen molar-refractivity contribution in [3.63, 3.8) is 0 Å². The van der Waals surface area contributed by atoms with Crippen LogP contribution in [0.4, 0.5) is 0 Å². The first-order chi connectivity index (χ1) is 16.1. The molecule has 7 nitrogen and oxygen atoms in total. The number of carboxylic acids is 1. The van der Waals surface area contributed by atoms with E-state index in [4.69, 9.17) is 14.3 Å². The maximum absolute atomic E-state index is 13.1. The molecule has 2 N–H and O–H groups in total. The van der Waals surface area contributed by atoms with Gasteiger partial charge in [-0.05, 0) is 36.4 Å². The van der Waals surface area contributed by atoms with Crippen molar-refractivity contribution in [1.29, 1.82) is 0 Å². The fraction of sp³-hybridized carbons (Fsp3) is 0.0385. The van der Waals surface area contributed by atoms with E-state index in [0.717, 1.165) is 11.1 Å². The van der Waals surface area contributed by atoms with Crippen LogP contribution in [0.15, 0.2) is 94.4 Å². The van der Waals surface area contributed by atoms with Gasteiger partial charge in [-0.3, -0.25) is 4.79 Å². The Balaban J connectivity index is 1.34. The van der Waals surface area contributed by atoms with Gasteiger partial charge in [-0.25, -0.2) is 10.2 Å². The number of carboxylic acid groups (broad SMARTS) is 1. The Morgan fingerprint density at radius 3 is 2.27 bits per heavy atom. The van der Waals surface area contributed by atoms with Crippen LogP contribution in [0.5, 0.6) is 11.5 Å². The molecule has 0 bridgehead atoms. The quantitative estimate of drug-likeness (QED) is 0.336. The van der Waals surface area contributed by atoms with Crippen molar-refractivity contribution in [3.05, 3.63) is 107 Å². The highest BCUT2D eigenvalue weighted by molar-refractivity contribution is 5.91. The molecule has 33 heavy (non-hydrogen) atoms. The standard InChI is InChI=1S/C26H18N2O5/c29-25(24-19-8-1-3-10-22(19)33-23-11-4-2-9-20(23)24)28-27-15-18-12-13-21(32-18)16-6-5-7-17(14-16)26(30)31/h1-15,24H,(H,28,29)(H,30,31)/b27-15-. The van der Waals surface area contributed by atoms with Crippen molar-refractivity contribution in [2.45, 2.75) is 5.92 Å². The number of rotatable bonds is 5. The van der Waals surface area contributed by atoms with Gasteiger partial charge in [-0.2, -0.15) is 5.10 Å². The fourth-order valence-corrected chi connectivity index (χ4v) is 3.80. The minimum absolute atomic E-state index is 0.170. The van der Waals surface area contributed by atoms with Crippen LogP contribution in [0.1, 0.15) is 33.2 Å². The van der Waals surface area contributed by atoms with E-state index in [1.165, 1.54) is 18.3 Å². The van der Waals surface area contributed by atoms with Crippen LogP contribution in [0, 0.1) is 0 Å². The van der Waals surface area contributed by atoms with Crippen molar-refractivity contribution < 1.29 is 23.8 Å². The van der Waals surface area contributed by atoms with Crippen molar-refractivity contribution >= 4 is 18.1 Å². The van der Waals surface area contributed by atoms with E-state index in [1.807, 2.05) is 48.5 Å². The van der Waals surface area contributed by atoms with Crippen LogP contribution < -0.4 is 10.2 Å². The van der Waals surface area contributed by atoms with Gasteiger partial charge in [0.05, 0.1) is 17.7 Å². The Morgan fingerprint density at radius 2 is 1.58 bits per heavy atom. The van der Waals surface area contributed by atoms with E-state index >= 15 is 0 Å². The zero-order valence-corrected chi connectivity index (χ0v) is 17.3. The number of carbonyl (C=O) groups excluding carboxylic acids is 1. The van der Waals surface area contributed by atoms with Crippen molar-refractivity contribution in [2.24, 2.45) is 5.10 Å². The Kier molecular flexibility index (Phi) is 5.20. The van der Waals surface area contributed by atoms with E-state index in [0.29, 0.717) is 28.6 Å². The van der Waals surface area contributed by atoms with Crippen LogP contribution >= 0.6 is 0 Å². The lowest BCUT2D eigenvalue weighted by molar-refractivity contribution is -0.121. The zero-order chi connectivity index (χ0) is 22.8. The summed E-state index contributed by atoms with van der Waals surface area (Å²) in [4.78, 5) is 24.3. The minimum atomic E-state index is -1.01. The Morgan fingerprint density at radius 1 is 0.879 bits per heavy atom.